The molecule has 3 rings (SSSR count). The van der Waals surface area contributed by atoms with E-state index in [1.165, 1.54) is 0 Å². The average Bonchev–Trinajstić information content (AvgIpc) is 2.93. The van der Waals surface area contributed by atoms with Crippen molar-refractivity contribution < 1.29 is 4.74 Å². The van der Waals surface area contributed by atoms with E-state index in [1.54, 1.807) is 24.5 Å². The van der Waals surface area contributed by atoms with Gasteiger partial charge >= 0.3 is 0 Å². The van der Waals surface area contributed by atoms with Gasteiger partial charge in [0, 0.05) is 11.4 Å². The number of aromatic nitrogens is 4. The van der Waals surface area contributed by atoms with Crippen molar-refractivity contribution in [3.8, 4) is 17.4 Å². The van der Waals surface area contributed by atoms with Gasteiger partial charge in [0.2, 0.25) is 5.88 Å². The second kappa shape index (κ2) is 3.81. The topological polar surface area (TPSA) is 63.7 Å². The molecular formula is C11H10N4OS. The number of hydrogen-bond donors (Lipinski definition) is 1. The lowest BCUT2D eigenvalue weighted by molar-refractivity contribution is 0.399. The first-order valence-corrected chi connectivity index (χ1v) is 5.97. The third-order valence-electron chi connectivity index (χ3n) is 2.39. The van der Waals surface area contributed by atoms with Crippen molar-refractivity contribution in [1.82, 2.24) is 19.9 Å². The highest BCUT2D eigenvalue weighted by atomic mass is 32.1. The first kappa shape index (κ1) is 10.2. The van der Waals surface area contributed by atoms with E-state index >= 15 is 0 Å². The van der Waals surface area contributed by atoms with E-state index in [2.05, 4.69) is 19.9 Å². The Morgan fingerprint density at radius 1 is 1.24 bits per heavy atom. The molecule has 3 aromatic rings. The molecule has 0 aliphatic rings. The largest absolute Gasteiger partial charge is 0.481 e. The van der Waals surface area contributed by atoms with E-state index in [-0.39, 0.29) is 0 Å². The predicted molar refractivity (Wildman–Crippen MR) is 66.3 cm³/mol. The number of nitrogens with one attached hydrogen (secondary N) is 1. The Kier molecular flexibility index (Phi) is 2.29. The van der Waals surface area contributed by atoms with Crippen LogP contribution in [0.4, 0.5) is 0 Å². The Balaban J connectivity index is 2.13. The van der Waals surface area contributed by atoms with Crippen molar-refractivity contribution in [3.63, 3.8) is 0 Å². The summed E-state index contributed by atoms with van der Waals surface area (Å²) in [5.41, 5.74) is 2.38. The lowest BCUT2D eigenvalue weighted by Gasteiger charge is -1.95. The zero-order valence-electron chi connectivity index (χ0n) is 9.39. The van der Waals surface area contributed by atoms with E-state index in [0.717, 1.165) is 22.0 Å². The number of ether oxygens (including phenoxy) is 1. The molecule has 0 fully saturated rings. The van der Waals surface area contributed by atoms with Gasteiger partial charge in [0.25, 0.3) is 0 Å². The molecule has 0 atom stereocenters. The van der Waals surface area contributed by atoms with Gasteiger partial charge in [-0.1, -0.05) is 0 Å². The molecule has 1 N–H and O–H groups in total. The van der Waals surface area contributed by atoms with Crippen molar-refractivity contribution in [2.45, 2.75) is 6.92 Å². The van der Waals surface area contributed by atoms with Crippen LogP contribution < -0.4 is 4.74 Å². The Bertz CT molecular complexity index is 673. The van der Waals surface area contributed by atoms with Crippen LogP contribution in [0.3, 0.4) is 0 Å². The van der Waals surface area contributed by atoms with Crippen LogP contribution in [-0.2, 0) is 0 Å². The summed E-state index contributed by atoms with van der Waals surface area (Å²) in [6.07, 6.45) is 0. The van der Waals surface area contributed by atoms with Crippen LogP contribution in [0, 0.1) is 6.92 Å². The molecule has 0 spiro atoms. The molecular weight excluding hydrogens is 236 g/mol. The Hall–Kier alpha value is -1.95. The summed E-state index contributed by atoms with van der Waals surface area (Å²) >= 11 is 1.60. The number of thiazole rings is 1. The van der Waals surface area contributed by atoms with E-state index in [1.807, 2.05) is 18.4 Å². The van der Waals surface area contributed by atoms with Gasteiger partial charge in [0.05, 0.1) is 17.6 Å². The van der Waals surface area contributed by atoms with Crippen LogP contribution >= 0.6 is 11.3 Å². The Morgan fingerprint density at radius 2 is 2.12 bits per heavy atom. The molecule has 3 heterocycles. The van der Waals surface area contributed by atoms with E-state index < -0.39 is 0 Å². The molecule has 17 heavy (non-hydrogen) atoms. The molecule has 5 nitrogen and oxygen atoms in total. The van der Waals surface area contributed by atoms with Crippen LogP contribution in [0.25, 0.3) is 22.7 Å². The van der Waals surface area contributed by atoms with Gasteiger partial charge in [-0.2, -0.15) is 4.98 Å². The van der Waals surface area contributed by atoms with Crippen LogP contribution in [0.15, 0.2) is 17.5 Å². The summed E-state index contributed by atoms with van der Waals surface area (Å²) < 4.78 is 5.06. The number of aromatic amines is 1. The summed E-state index contributed by atoms with van der Waals surface area (Å²) in [5, 5.41) is 3.00. The summed E-state index contributed by atoms with van der Waals surface area (Å²) in [6.45, 7) is 1.97. The maximum Gasteiger partial charge on any atom is 0.215 e. The van der Waals surface area contributed by atoms with Gasteiger partial charge in [-0.05, 0) is 13.0 Å². The number of H-pyrrole nitrogens is 1. The number of fused-ring (bicyclic) bond motifs is 1. The van der Waals surface area contributed by atoms with Gasteiger partial charge in [0.1, 0.15) is 5.69 Å². The molecule has 0 saturated carbocycles. The van der Waals surface area contributed by atoms with Gasteiger partial charge in [-0.25, -0.2) is 9.97 Å². The molecule has 0 radical (unpaired) electrons. The van der Waals surface area contributed by atoms with Crippen LogP contribution in [-0.4, -0.2) is 27.0 Å². The third-order valence-corrected chi connectivity index (χ3v) is 3.16. The maximum atomic E-state index is 5.06. The number of methoxy groups -OCH3 is 1. The van der Waals surface area contributed by atoms with Gasteiger partial charge in [-0.15, -0.1) is 11.3 Å². The summed E-state index contributed by atoms with van der Waals surface area (Å²) in [6, 6.07) is 3.70. The lowest BCUT2D eigenvalue weighted by Crippen LogP contribution is -1.86. The van der Waals surface area contributed by atoms with Gasteiger partial charge < -0.3 is 9.72 Å². The highest BCUT2D eigenvalue weighted by molar-refractivity contribution is 7.09. The Morgan fingerprint density at radius 3 is 2.82 bits per heavy atom. The first-order chi connectivity index (χ1) is 8.26. The lowest BCUT2D eigenvalue weighted by atomic mass is 10.4. The molecule has 0 aliphatic heterocycles. The highest BCUT2D eigenvalue weighted by Gasteiger charge is 2.09. The first-order valence-electron chi connectivity index (χ1n) is 5.09. The second-order valence-electron chi connectivity index (χ2n) is 3.56. The minimum absolute atomic E-state index is 0.560. The maximum absolute atomic E-state index is 5.06. The van der Waals surface area contributed by atoms with Gasteiger partial charge in [0.15, 0.2) is 11.5 Å². The summed E-state index contributed by atoms with van der Waals surface area (Å²) in [4.78, 5) is 16.2. The molecule has 86 valence electrons. The number of nitrogens with zero attached hydrogens (tertiary/aromatic N) is 3. The number of pyridine rings is 1. The SMILES string of the molecule is COc1ccc2[nH]c(-c3csc(C)n3)nc2n1. The molecule has 3 aromatic heterocycles. The second-order valence-corrected chi connectivity index (χ2v) is 4.62. The minimum atomic E-state index is 0.560. The minimum Gasteiger partial charge on any atom is -0.481 e. The van der Waals surface area contributed by atoms with Crippen molar-refractivity contribution >= 4 is 22.5 Å². The fourth-order valence-corrected chi connectivity index (χ4v) is 2.18. The fourth-order valence-electron chi connectivity index (χ4n) is 1.58. The van der Waals surface area contributed by atoms with Crippen LogP contribution in [0.1, 0.15) is 5.01 Å². The highest BCUT2D eigenvalue weighted by Crippen LogP contribution is 2.22. The average molecular weight is 246 g/mol. The zero-order chi connectivity index (χ0) is 11.8. The monoisotopic (exact) mass is 246 g/mol. The van der Waals surface area contributed by atoms with E-state index in [0.29, 0.717) is 11.5 Å². The molecule has 0 unspecified atom stereocenters. The molecule has 0 aromatic carbocycles. The molecule has 0 bridgehead atoms. The van der Waals surface area contributed by atoms with Crippen molar-refractivity contribution in [1.29, 1.82) is 0 Å². The van der Waals surface area contributed by atoms with Crippen molar-refractivity contribution in [3.05, 3.63) is 22.5 Å². The van der Waals surface area contributed by atoms with Crippen molar-refractivity contribution in [2.24, 2.45) is 0 Å². The number of imidazole rings is 1. The quantitative estimate of drug-likeness (QED) is 0.754. The zero-order valence-corrected chi connectivity index (χ0v) is 10.2. The fraction of sp³-hybridized carbons (Fsp3) is 0.182. The normalized spacial score (nSPS) is 10.9. The number of hydrogen-bond acceptors (Lipinski definition) is 5. The van der Waals surface area contributed by atoms with Crippen molar-refractivity contribution in [2.75, 3.05) is 7.11 Å². The Labute approximate surface area is 102 Å². The summed E-state index contributed by atoms with van der Waals surface area (Å²) in [5.74, 6) is 1.30. The van der Waals surface area contributed by atoms with Crippen LogP contribution in [0.2, 0.25) is 0 Å². The molecule has 0 amide bonds. The third kappa shape index (κ3) is 1.76. The van der Waals surface area contributed by atoms with Crippen LogP contribution in [0.5, 0.6) is 5.88 Å². The molecule has 0 aliphatic carbocycles. The predicted octanol–water partition coefficient (Wildman–Crippen LogP) is 2.40. The van der Waals surface area contributed by atoms with E-state index in [4.69, 9.17) is 4.74 Å². The van der Waals surface area contributed by atoms with Gasteiger partial charge in [-0.3, -0.25) is 0 Å². The smallest absolute Gasteiger partial charge is 0.215 e. The molecule has 0 saturated heterocycles. The van der Waals surface area contributed by atoms with E-state index in [9.17, 15) is 0 Å². The number of aryl methyl sites for hydroxylation is 1. The number of rotatable bonds is 2. The standard InChI is InChI=1S/C11H10N4OS/c1-6-12-8(5-17-6)11-13-7-3-4-9(16-2)14-10(7)15-11/h3-5H,1-2H3,(H,13,14,15). The molecule has 6 heteroatoms. The summed E-state index contributed by atoms with van der Waals surface area (Å²) in [7, 11) is 1.59.